The van der Waals surface area contributed by atoms with Crippen LogP contribution in [0.3, 0.4) is 0 Å². The van der Waals surface area contributed by atoms with E-state index in [1.807, 2.05) is 19.1 Å². The zero-order valence-electron chi connectivity index (χ0n) is 17.0. The van der Waals surface area contributed by atoms with Gasteiger partial charge in [0.15, 0.2) is 0 Å². The van der Waals surface area contributed by atoms with Gasteiger partial charge in [-0.3, -0.25) is 9.69 Å². The van der Waals surface area contributed by atoms with Crippen molar-refractivity contribution in [1.82, 2.24) is 20.2 Å². The summed E-state index contributed by atoms with van der Waals surface area (Å²) < 4.78 is 38.2. The van der Waals surface area contributed by atoms with Gasteiger partial charge in [-0.1, -0.05) is 42.0 Å². The Balaban J connectivity index is 1.45. The maximum atomic E-state index is 13.0. The average molecular weight is 428 g/mol. The van der Waals surface area contributed by atoms with Crippen LogP contribution < -0.4 is 5.32 Å². The molecule has 0 radical (unpaired) electrons. The lowest BCUT2D eigenvalue weighted by Gasteiger charge is -2.34. The lowest BCUT2D eigenvalue weighted by molar-refractivity contribution is -0.137. The normalized spacial score (nSPS) is 16.7. The van der Waals surface area contributed by atoms with Crippen LogP contribution in [0.1, 0.15) is 33.6 Å². The summed E-state index contributed by atoms with van der Waals surface area (Å²) >= 11 is 0. The molecule has 0 fully saturated rings. The molecule has 2 N–H and O–H groups in total. The van der Waals surface area contributed by atoms with Crippen LogP contribution in [0.2, 0.25) is 0 Å². The van der Waals surface area contributed by atoms with Gasteiger partial charge in [0, 0.05) is 26.1 Å². The number of carbonyl (C=O) groups is 1. The van der Waals surface area contributed by atoms with Crippen molar-refractivity contribution >= 4 is 5.91 Å². The Morgan fingerprint density at radius 3 is 2.48 bits per heavy atom. The first-order chi connectivity index (χ1) is 14.8. The van der Waals surface area contributed by atoms with Crippen LogP contribution in [0.4, 0.5) is 13.2 Å². The molecule has 4 rings (SSSR count). The van der Waals surface area contributed by atoms with Crippen molar-refractivity contribution in [2.24, 2.45) is 0 Å². The number of amides is 1. The Kier molecular flexibility index (Phi) is 5.82. The van der Waals surface area contributed by atoms with Gasteiger partial charge in [-0.05, 0) is 30.2 Å². The summed E-state index contributed by atoms with van der Waals surface area (Å²) in [6.07, 6.45) is -2.26. The number of hydrogen-bond acceptors (Lipinski definition) is 3. The second kappa shape index (κ2) is 8.55. The van der Waals surface area contributed by atoms with Crippen molar-refractivity contribution in [3.8, 4) is 0 Å². The zero-order valence-corrected chi connectivity index (χ0v) is 17.0. The molecule has 1 unspecified atom stereocenters. The van der Waals surface area contributed by atoms with Gasteiger partial charge in [0.2, 0.25) is 5.91 Å². The van der Waals surface area contributed by atoms with Crippen LogP contribution in [0.15, 0.2) is 54.9 Å². The summed E-state index contributed by atoms with van der Waals surface area (Å²) in [5.74, 6) is -0.166. The molecule has 162 valence electrons. The van der Waals surface area contributed by atoms with Crippen molar-refractivity contribution in [3.63, 3.8) is 0 Å². The molecule has 3 aromatic rings. The third-order valence-electron chi connectivity index (χ3n) is 5.55. The number of alkyl halides is 3. The second-order valence-corrected chi connectivity index (χ2v) is 7.85. The molecule has 0 bridgehead atoms. The van der Waals surface area contributed by atoms with Crippen LogP contribution in [0.5, 0.6) is 0 Å². The minimum absolute atomic E-state index is 0.166. The van der Waals surface area contributed by atoms with Crippen molar-refractivity contribution in [2.45, 2.75) is 45.2 Å². The molecule has 1 aromatic heterocycles. The largest absolute Gasteiger partial charge is 0.416 e. The van der Waals surface area contributed by atoms with E-state index in [4.69, 9.17) is 0 Å². The summed E-state index contributed by atoms with van der Waals surface area (Å²) in [7, 11) is 0. The van der Waals surface area contributed by atoms with Gasteiger partial charge in [-0.25, -0.2) is 4.98 Å². The summed E-state index contributed by atoms with van der Waals surface area (Å²) in [5.41, 5.74) is 4.06. The number of aromatic amines is 1. The number of H-pyrrole nitrogens is 1. The zero-order chi connectivity index (χ0) is 22.0. The fraction of sp³-hybridized carbons (Fsp3) is 0.304. The highest BCUT2D eigenvalue weighted by atomic mass is 19.4. The number of carbonyl (C=O) groups excluding carboxylic acids is 1. The first-order valence-corrected chi connectivity index (χ1v) is 10.0. The number of nitrogens with one attached hydrogen (secondary N) is 2. The Morgan fingerprint density at radius 2 is 1.81 bits per heavy atom. The summed E-state index contributed by atoms with van der Waals surface area (Å²) in [6, 6.07) is 12.6. The molecule has 0 spiro atoms. The summed E-state index contributed by atoms with van der Waals surface area (Å²) in [6.45, 7) is 3.37. The SMILES string of the molecule is Cc1ccc(CN2Cc3[nH]cnc3CC2C(=O)NCc2ccc(C(F)(F)F)cc2)cc1. The molecule has 0 saturated carbocycles. The standard InChI is InChI=1S/C23H23F3N4O/c1-15-2-4-17(5-3-15)12-30-13-20-19(28-14-29-20)10-21(30)22(31)27-11-16-6-8-18(9-7-16)23(24,25)26/h2-9,14,21H,10-13H2,1H3,(H,27,31)(H,28,29). The maximum Gasteiger partial charge on any atom is 0.416 e. The van der Waals surface area contributed by atoms with E-state index < -0.39 is 17.8 Å². The Bertz CT molecular complexity index is 1040. The number of fused-ring (bicyclic) bond motifs is 1. The van der Waals surface area contributed by atoms with Gasteiger partial charge in [-0.15, -0.1) is 0 Å². The van der Waals surface area contributed by atoms with Crippen molar-refractivity contribution < 1.29 is 18.0 Å². The summed E-state index contributed by atoms with van der Waals surface area (Å²) in [5, 5.41) is 2.87. The fourth-order valence-corrected chi connectivity index (χ4v) is 3.76. The predicted molar refractivity (Wildman–Crippen MR) is 110 cm³/mol. The van der Waals surface area contributed by atoms with Gasteiger partial charge >= 0.3 is 6.18 Å². The smallest absolute Gasteiger partial charge is 0.351 e. The number of hydrogen-bond donors (Lipinski definition) is 2. The van der Waals surface area contributed by atoms with Crippen LogP contribution in [-0.4, -0.2) is 26.8 Å². The van der Waals surface area contributed by atoms with E-state index in [0.29, 0.717) is 25.1 Å². The number of benzene rings is 2. The molecule has 8 heteroatoms. The number of aryl methyl sites for hydroxylation is 1. The molecule has 0 aliphatic carbocycles. The maximum absolute atomic E-state index is 13.0. The lowest BCUT2D eigenvalue weighted by Crippen LogP contribution is -2.49. The van der Waals surface area contributed by atoms with Gasteiger partial charge in [-0.2, -0.15) is 13.2 Å². The number of rotatable bonds is 5. The molecule has 1 aliphatic heterocycles. The monoisotopic (exact) mass is 428 g/mol. The van der Waals surface area contributed by atoms with Gasteiger partial charge in [0.1, 0.15) is 0 Å². The molecule has 2 heterocycles. The number of nitrogens with zero attached hydrogens (tertiary/aromatic N) is 2. The molecule has 2 aromatic carbocycles. The molecular weight excluding hydrogens is 405 g/mol. The van der Waals surface area contributed by atoms with Gasteiger partial charge in [0.05, 0.1) is 29.3 Å². The van der Waals surface area contributed by atoms with Gasteiger partial charge in [0.25, 0.3) is 0 Å². The molecule has 0 saturated heterocycles. The quantitative estimate of drug-likeness (QED) is 0.646. The highest BCUT2D eigenvalue weighted by molar-refractivity contribution is 5.82. The molecular formula is C23H23F3N4O. The number of aromatic nitrogens is 2. The van der Waals surface area contributed by atoms with Crippen LogP contribution in [0, 0.1) is 6.92 Å². The predicted octanol–water partition coefficient (Wildman–Crippen LogP) is 3.98. The van der Waals surface area contributed by atoms with E-state index in [-0.39, 0.29) is 12.5 Å². The van der Waals surface area contributed by atoms with Crippen molar-refractivity contribution in [3.05, 3.63) is 88.5 Å². The Morgan fingerprint density at radius 1 is 1.13 bits per heavy atom. The molecule has 1 atom stereocenters. The Labute approximate surface area is 178 Å². The Hall–Kier alpha value is -3.13. The van der Waals surface area contributed by atoms with Crippen LogP contribution >= 0.6 is 0 Å². The highest BCUT2D eigenvalue weighted by Crippen LogP contribution is 2.29. The molecule has 1 amide bonds. The minimum atomic E-state index is -4.37. The minimum Gasteiger partial charge on any atom is -0.351 e. The van der Waals surface area contributed by atoms with Crippen LogP contribution in [-0.2, 0) is 37.0 Å². The number of imidazole rings is 1. The van der Waals surface area contributed by atoms with E-state index in [9.17, 15) is 18.0 Å². The summed E-state index contributed by atoms with van der Waals surface area (Å²) in [4.78, 5) is 22.6. The third kappa shape index (κ3) is 4.96. The van der Waals surface area contributed by atoms with Crippen molar-refractivity contribution in [2.75, 3.05) is 0 Å². The lowest BCUT2D eigenvalue weighted by atomic mass is 10.0. The highest BCUT2D eigenvalue weighted by Gasteiger charge is 2.33. The van der Waals surface area contributed by atoms with E-state index in [1.165, 1.54) is 17.7 Å². The van der Waals surface area contributed by atoms with E-state index in [0.717, 1.165) is 29.1 Å². The van der Waals surface area contributed by atoms with Crippen LogP contribution in [0.25, 0.3) is 0 Å². The first kappa shape index (κ1) is 21.1. The van der Waals surface area contributed by atoms with E-state index in [1.54, 1.807) is 6.33 Å². The third-order valence-corrected chi connectivity index (χ3v) is 5.55. The molecule has 31 heavy (non-hydrogen) atoms. The molecule has 1 aliphatic rings. The fourth-order valence-electron chi connectivity index (χ4n) is 3.76. The van der Waals surface area contributed by atoms with E-state index >= 15 is 0 Å². The second-order valence-electron chi connectivity index (χ2n) is 7.85. The van der Waals surface area contributed by atoms with Crippen molar-refractivity contribution in [1.29, 1.82) is 0 Å². The number of halogens is 3. The van der Waals surface area contributed by atoms with E-state index in [2.05, 4.69) is 32.3 Å². The average Bonchev–Trinajstić information content (AvgIpc) is 3.20. The molecule has 5 nitrogen and oxygen atoms in total. The topological polar surface area (TPSA) is 61.0 Å². The first-order valence-electron chi connectivity index (χ1n) is 10.0. The van der Waals surface area contributed by atoms with Gasteiger partial charge < -0.3 is 10.3 Å².